The molecule has 0 aromatic heterocycles. The molecule has 0 bridgehead atoms. The molecule has 0 saturated carbocycles. The predicted molar refractivity (Wildman–Crippen MR) is 50.4 cm³/mol. The first kappa shape index (κ1) is 10.9. The monoisotopic (exact) mass is 158 g/mol. The number of rotatable bonds is 6. The van der Waals surface area contributed by atoms with E-state index in [9.17, 15) is 0 Å². The second kappa shape index (κ2) is 5.56. The van der Waals surface area contributed by atoms with Crippen molar-refractivity contribution in [1.82, 2.24) is 0 Å². The van der Waals surface area contributed by atoms with Gasteiger partial charge in [-0.15, -0.1) is 0 Å². The highest BCUT2D eigenvalue weighted by Crippen LogP contribution is 2.30. The zero-order valence-corrected chi connectivity index (χ0v) is 7.90. The molecule has 0 aromatic rings. The summed E-state index contributed by atoms with van der Waals surface area (Å²) in [4.78, 5) is 0. The lowest BCUT2D eigenvalue weighted by atomic mass is 9.80. The molecule has 4 N–H and O–H groups in total. The van der Waals surface area contributed by atoms with E-state index in [4.69, 9.17) is 11.5 Å². The summed E-state index contributed by atoms with van der Waals surface area (Å²) < 4.78 is 0. The van der Waals surface area contributed by atoms with Gasteiger partial charge in [-0.05, 0) is 37.8 Å². The SMILES string of the molecule is CCC(C)(CCN)CCCN. The van der Waals surface area contributed by atoms with Gasteiger partial charge in [-0.3, -0.25) is 0 Å². The highest BCUT2D eigenvalue weighted by atomic mass is 14.5. The zero-order chi connectivity index (χ0) is 8.74. The van der Waals surface area contributed by atoms with Crippen LogP contribution in [-0.4, -0.2) is 13.1 Å². The normalized spacial score (nSPS) is 16.4. The smallest absolute Gasteiger partial charge is 0.00721 e. The average Bonchev–Trinajstić information content (AvgIpc) is 2.02. The maximum atomic E-state index is 5.53. The minimum atomic E-state index is 0.439. The van der Waals surface area contributed by atoms with Crippen molar-refractivity contribution >= 4 is 0 Å². The van der Waals surface area contributed by atoms with E-state index in [0.29, 0.717) is 5.41 Å². The number of nitrogens with two attached hydrogens (primary N) is 2. The molecule has 0 saturated heterocycles. The summed E-state index contributed by atoms with van der Waals surface area (Å²) >= 11 is 0. The second-order valence-corrected chi connectivity index (χ2v) is 3.60. The van der Waals surface area contributed by atoms with Crippen LogP contribution in [0.15, 0.2) is 0 Å². The standard InChI is InChI=1S/C9H22N2/c1-3-9(2,6-8-11)5-4-7-10/h3-8,10-11H2,1-2H3. The quantitative estimate of drug-likeness (QED) is 0.615. The molecule has 2 heteroatoms. The lowest BCUT2D eigenvalue weighted by Crippen LogP contribution is -2.21. The third-order valence-electron chi connectivity index (χ3n) is 2.59. The molecule has 0 spiro atoms. The van der Waals surface area contributed by atoms with Gasteiger partial charge in [0, 0.05) is 0 Å². The van der Waals surface area contributed by atoms with Crippen LogP contribution >= 0.6 is 0 Å². The summed E-state index contributed by atoms with van der Waals surface area (Å²) in [6.07, 6.45) is 4.69. The summed E-state index contributed by atoms with van der Waals surface area (Å²) in [5.74, 6) is 0. The number of hydrogen-bond acceptors (Lipinski definition) is 2. The fraction of sp³-hybridized carbons (Fsp3) is 1.00. The van der Waals surface area contributed by atoms with Crippen LogP contribution in [0.25, 0.3) is 0 Å². The highest BCUT2D eigenvalue weighted by molar-refractivity contribution is 4.72. The van der Waals surface area contributed by atoms with Crippen LogP contribution in [0.2, 0.25) is 0 Å². The van der Waals surface area contributed by atoms with Crippen LogP contribution < -0.4 is 11.5 Å². The Hall–Kier alpha value is -0.0800. The van der Waals surface area contributed by atoms with Gasteiger partial charge in [0.15, 0.2) is 0 Å². The molecule has 1 unspecified atom stereocenters. The van der Waals surface area contributed by atoms with E-state index in [0.717, 1.165) is 25.9 Å². The van der Waals surface area contributed by atoms with Crippen molar-refractivity contribution in [2.75, 3.05) is 13.1 Å². The van der Waals surface area contributed by atoms with E-state index in [-0.39, 0.29) is 0 Å². The van der Waals surface area contributed by atoms with Crippen molar-refractivity contribution in [3.63, 3.8) is 0 Å². The first-order valence-corrected chi connectivity index (χ1v) is 4.58. The van der Waals surface area contributed by atoms with Crippen LogP contribution in [0.1, 0.15) is 39.5 Å². The first-order valence-electron chi connectivity index (χ1n) is 4.58. The van der Waals surface area contributed by atoms with Gasteiger partial charge in [-0.1, -0.05) is 20.3 Å². The van der Waals surface area contributed by atoms with Crippen LogP contribution in [0, 0.1) is 5.41 Å². The Bertz CT molecular complexity index is 93.6. The third-order valence-corrected chi connectivity index (χ3v) is 2.59. The molecule has 11 heavy (non-hydrogen) atoms. The molecule has 0 amide bonds. The van der Waals surface area contributed by atoms with Crippen molar-refractivity contribution in [2.24, 2.45) is 16.9 Å². The molecule has 2 nitrogen and oxygen atoms in total. The molecule has 0 aromatic carbocycles. The molecule has 0 rings (SSSR count). The van der Waals surface area contributed by atoms with Gasteiger partial charge in [-0.25, -0.2) is 0 Å². The Morgan fingerprint density at radius 1 is 1.09 bits per heavy atom. The topological polar surface area (TPSA) is 52.0 Å². The molecule has 0 aliphatic carbocycles. The van der Waals surface area contributed by atoms with Gasteiger partial charge in [0.25, 0.3) is 0 Å². The molecule has 0 heterocycles. The van der Waals surface area contributed by atoms with Crippen molar-refractivity contribution in [2.45, 2.75) is 39.5 Å². The Labute approximate surface area is 70.3 Å². The van der Waals surface area contributed by atoms with Gasteiger partial charge in [0.2, 0.25) is 0 Å². The van der Waals surface area contributed by atoms with Crippen molar-refractivity contribution in [3.8, 4) is 0 Å². The van der Waals surface area contributed by atoms with Crippen LogP contribution in [0.5, 0.6) is 0 Å². The fourth-order valence-corrected chi connectivity index (χ4v) is 1.36. The van der Waals surface area contributed by atoms with Gasteiger partial charge < -0.3 is 11.5 Å². The van der Waals surface area contributed by atoms with Gasteiger partial charge >= 0.3 is 0 Å². The maximum Gasteiger partial charge on any atom is -0.00721 e. The van der Waals surface area contributed by atoms with Gasteiger partial charge in [0.1, 0.15) is 0 Å². The third kappa shape index (κ3) is 4.38. The Kier molecular flexibility index (Phi) is 5.51. The van der Waals surface area contributed by atoms with E-state index in [1.807, 2.05) is 0 Å². The predicted octanol–water partition coefficient (Wildman–Crippen LogP) is 1.49. The molecule has 0 radical (unpaired) electrons. The summed E-state index contributed by atoms with van der Waals surface area (Å²) in [5, 5.41) is 0. The largest absolute Gasteiger partial charge is 0.330 e. The molecule has 68 valence electrons. The lowest BCUT2D eigenvalue weighted by molar-refractivity contribution is 0.260. The average molecular weight is 158 g/mol. The minimum absolute atomic E-state index is 0.439. The summed E-state index contributed by atoms with van der Waals surface area (Å²) in [7, 11) is 0. The van der Waals surface area contributed by atoms with Crippen LogP contribution in [-0.2, 0) is 0 Å². The molecular weight excluding hydrogens is 136 g/mol. The molecule has 1 atom stereocenters. The van der Waals surface area contributed by atoms with Gasteiger partial charge in [0.05, 0.1) is 0 Å². The molecular formula is C9H22N2. The van der Waals surface area contributed by atoms with E-state index < -0.39 is 0 Å². The molecule has 0 fully saturated rings. The van der Waals surface area contributed by atoms with E-state index in [2.05, 4.69) is 13.8 Å². The lowest BCUT2D eigenvalue weighted by Gasteiger charge is -2.27. The minimum Gasteiger partial charge on any atom is -0.330 e. The van der Waals surface area contributed by atoms with Crippen LogP contribution in [0.3, 0.4) is 0 Å². The summed E-state index contributed by atoms with van der Waals surface area (Å²) in [5.41, 5.74) is 11.4. The highest BCUT2D eigenvalue weighted by Gasteiger charge is 2.19. The molecule has 0 aliphatic heterocycles. The summed E-state index contributed by atoms with van der Waals surface area (Å²) in [6, 6.07) is 0. The first-order chi connectivity index (χ1) is 5.18. The van der Waals surface area contributed by atoms with Gasteiger partial charge in [-0.2, -0.15) is 0 Å². The Morgan fingerprint density at radius 2 is 1.73 bits per heavy atom. The Balaban J connectivity index is 3.68. The van der Waals surface area contributed by atoms with Crippen molar-refractivity contribution in [1.29, 1.82) is 0 Å². The second-order valence-electron chi connectivity index (χ2n) is 3.60. The Morgan fingerprint density at radius 3 is 2.09 bits per heavy atom. The van der Waals surface area contributed by atoms with E-state index >= 15 is 0 Å². The van der Waals surface area contributed by atoms with Crippen molar-refractivity contribution < 1.29 is 0 Å². The maximum absolute atomic E-state index is 5.53. The van der Waals surface area contributed by atoms with E-state index in [1.165, 1.54) is 12.8 Å². The molecule has 0 aliphatic rings. The van der Waals surface area contributed by atoms with Crippen molar-refractivity contribution in [3.05, 3.63) is 0 Å². The fourth-order valence-electron chi connectivity index (χ4n) is 1.36. The number of hydrogen-bond donors (Lipinski definition) is 2. The zero-order valence-electron chi connectivity index (χ0n) is 7.90. The van der Waals surface area contributed by atoms with Crippen LogP contribution in [0.4, 0.5) is 0 Å². The summed E-state index contributed by atoms with van der Waals surface area (Å²) in [6.45, 7) is 6.14. The van der Waals surface area contributed by atoms with E-state index in [1.54, 1.807) is 0 Å².